The van der Waals surface area contributed by atoms with Gasteiger partial charge in [-0.1, -0.05) is 32.1 Å². The second-order valence-corrected chi connectivity index (χ2v) is 7.17. The van der Waals surface area contributed by atoms with Crippen molar-refractivity contribution in [1.82, 2.24) is 10.2 Å². The van der Waals surface area contributed by atoms with Gasteiger partial charge in [-0.25, -0.2) is 0 Å². The van der Waals surface area contributed by atoms with Gasteiger partial charge >= 0.3 is 0 Å². The van der Waals surface area contributed by atoms with Crippen LogP contribution in [0.25, 0.3) is 0 Å². The summed E-state index contributed by atoms with van der Waals surface area (Å²) in [6.45, 7) is 5.80. The van der Waals surface area contributed by atoms with E-state index in [0.717, 1.165) is 13.2 Å². The summed E-state index contributed by atoms with van der Waals surface area (Å²) in [6.07, 6.45) is 14.3. The number of hydrogen-bond donors (Lipinski definition) is 1. The van der Waals surface area contributed by atoms with E-state index in [2.05, 4.69) is 10.2 Å². The van der Waals surface area contributed by atoms with Crippen LogP contribution < -0.4 is 5.32 Å². The van der Waals surface area contributed by atoms with Crippen LogP contribution in [0, 0.1) is 0 Å². The van der Waals surface area contributed by atoms with E-state index in [0.29, 0.717) is 11.6 Å². The third kappa shape index (κ3) is 3.96. The molecule has 0 aromatic rings. The largest absolute Gasteiger partial charge is 0.377 e. The van der Waals surface area contributed by atoms with Crippen LogP contribution in [0.15, 0.2) is 0 Å². The Morgan fingerprint density at radius 3 is 2.60 bits per heavy atom. The Bertz CT molecular complexity index is 283. The molecular weight excluding hydrogens is 248 g/mol. The average molecular weight is 280 g/mol. The Morgan fingerprint density at radius 1 is 1.00 bits per heavy atom. The molecule has 0 bridgehead atoms. The Morgan fingerprint density at radius 2 is 1.80 bits per heavy atom. The van der Waals surface area contributed by atoms with Gasteiger partial charge in [0.15, 0.2) is 0 Å². The number of ether oxygens (including phenoxy) is 1. The molecular formula is C17H32N2O. The van der Waals surface area contributed by atoms with Gasteiger partial charge in [0.25, 0.3) is 0 Å². The second kappa shape index (κ2) is 7.24. The minimum Gasteiger partial charge on any atom is -0.377 e. The summed E-state index contributed by atoms with van der Waals surface area (Å²) in [5.74, 6) is 0. The van der Waals surface area contributed by atoms with Crippen molar-refractivity contribution < 1.29 is 4.74 Å². The van der Waals surface area contributed by atoms with Crippen LogP contribution in [0.4, 0.5) is 0 Å². The maximum atomic E-state index is 6.06. The topological polar surface area (TPSA) is 24.5 Å². The lowest BCUT2D eigenvalue weighted by Crippen LogP contribution is -2.53. The molecule has 0 radical (unpaired) electrons. The van der Waals surface area contributed by atoms with Crippen molar-refractivity contribution in [1.29, 1.82) is 0 Å². The molecule has 0 aromatic carbocycles. The highest BCUT2D eigenvalue weighted by molar-refractivity contribution is 4.95. The van der Waals surface area contributed by atoms with Gasteiger partial charge in [-0.2, -0.15) is 0 Å². The van der Waals surface area contributed by atoms with E-state index in [1.54, 1.807) is 0 Å². The lowest BCUT2D eigenvalue weighted by molar-refractivity contribution is 0.0368. The fourth-order valence-electron chi connectivity index (χ4n) is 4.38. The first-order valence-corrected chi connectivity index (χ1v) is 8.95. The number of nitrogens with zero attached hydrogens (tertiary/aromatic N) is 1. The van der Waals surface area contributed by atoms with Crippen LogP contribution in [-0.4, -0.2) is 49.3 Å². The second-order valence-electron chi connectivity index (χ2n) is 7.17. The van der Waals surface area contributed by atoms with Crippen molar-refractivity contribution >= 4 is 0 Å². The van der Waals surface area contributed by atoms with Gasteiger partial charge in [-0.3, -0.25) is 4.90 Å². The van der Waals surface area contributed by atoms with Crippen molar-refractivity contribution in [2.75, 3.05) is 32.8 Å². The van der Waals surface area contributed by atoms with E-state index in [-0.39, 0.29) is 0 Å². The van der Waals surface area contributed by atoms with Crippen molar-refractivity contribution in [3.63, 3.8) is 0 Å². The molecule has 3 aliphatic rings. The first-order valence-electron chi connectivity index (χ1n) is 8.95. The van der Waals surface area contributed by atoms with Gasteiger partial charge < -0.3 is 10.1 Å². The molecule has 0 amide bonds. The molecule has 3 fully saturated rings. The number of nitrogens with one attached hydrogen (secondary N) is 1. The summed E-state index contributed by atoms with van der Waals surface area (Å²) < 4.78 is 6.06. The minimum atomic E-state index is 0.433. The van der Waals surface area contributed by atoms with Gasteiger partial charge in [0.1, 0.15) is 0 Å². The molecule has 3 rings (SSSR count). The molecule has 1 heterocycles. The maximum absolute atomic E-state index is 6.06. The molecule has 0 aromatic heterocycles. The summed E-state index contributed by atoms with van der Waals surface area (Å²) in [5.41, 5.74) is 0.433. The van der Waals surface area contributed by atoms with Crippen LogP contribution >= 0.6 is 0 Å². The molecule has 0 atom stereocenters. The van der Waals surface area contributed by atoms with Gasteiger partial charge in [0, 0.05) is 18.6 Å². The molecule has 1 saturated heterocycles. The fourth-order valence-corrected chi connectivity index (χ4v) is 4.38. The zero-order valence-electron chi connectivity index (χ0n) is 13.0. The van der Waals surface area contributed by atoms with Crippen LogP contribution in [0.1, 0.15) is 64.2 Å². The smallest absolute Gasteiger partial charge is 0.0597 e. The predicted molar refractivity (Wildman–Crippen MR) is 83.1 cm³/mol. The fraction of sp³-hybridized carbons (Fsp3) is 1.00. The Hall–Kier alpha value is -0.120. The molecule has 1 spiro atoms. The molecule has 2 aliphatic carbocycles. The summed E-state index contributed by atoms with van der Waals surface area (Å²) in [5, 5.41) is 3.88. The molecule has 116 valence electrons. The van der Waals surface area contributed by atoms with Crippen LogP contribution in [0.3, 0.4) is 0 Å². The molecule has 3 heteroatoms. The first-order chi connectivity index (χ1) is 9.86. The predicted octanol–water partition coefficient (Wildman–Crippen LogP) is 2.94. The zero-order valence-corrected chi connectivity index (χ0v) is 13.0. The summed E-state index contributed by atoms with van der Waals surface area (Å²) in [4.78, 5) is 2.67. The third-order valence-electron chi connectivity index (χ3n) is 5.55. The summed E-state index contributed by atoms with van der Waals surface area (Å²) in [6, 6.07) is 0. The summed E-state index contributed by atoms with van der Waals surface area (Å²) in [7, 11) is 0. The van der Waals surface area contributed by atoms with Gasteiger partial charge in [0.2, 0.25) is 0 Å². The van der Waals surface area contributed by atoms with E-state index in [1.807, 2.05) is 0 Å². The minimum absolute atomic E-state index is 0.433. The first kappa shape index (κ1) is 14.8. The van der Waals surface area contributed by atoms with Crippen LogP contribution in [-0.2, 0) is 4.74 Å². The lowest BCUT2D eigenvalue weighted by Gasteiger charge is -2.40. The van der Waals surface area contributed by atoms with Crippen molar-refractivity contribution in [3.8, 4) is 0 Å². The highest BCUT2D eigenvalue weighted by atomic mass is 16.5. The Balaban J connectivity index is 1.45. The molecule has 3 nitrogen and oxygen atoms in total. The maximum Gasteiger partial charge on any atom is 0.0597 e. The quantitative estimate of drug-likeness (QED) is 0.857. The SMILES string of the molecule is C1CCC2(CC1)CN(CCOC1CCCC1)CCCN2. The summed E-state index contributed by atoms with van der Waals surface area (Å²) >= 11 is 0. The van der Waals surface area contributed by atoms with E-state index in [1.165, 1.54) is 83.8 Å². The normalized spacial score (nSPS) is 28.8. The standard InChI is InChI=1S/C17H32N2O/c1-4-9-17(10-5-1)15-19(12-6-11-18-17)13-14-20-16-7-2-3-8-16/h16,18H,1-15H2. The Labute approximate surface area is 124 Å². The van der Waals surface area contributed by atoms with Crippen molar-refractivity contribution in [2.45, 2.75) is 75.9 Å². The van der Waals surface area contributed by atoms with Crippen LogP contribution in [0.2, 0.25) is 0 Å². The molecule has 2 saturated carbocycles. The zero-order chi connectivity index (χ0) is 13.7. The average Bonchev–Trinajstić information content (AvgIpc) is 2.90. The van der Waals surface area contributed by atoms with E-state index in [9.17, 15) is 0 Å². The Kier molecular flexibility index (Phi) is 5.36. The number of rotatable bonds is 4. The van der Waals surface area contributed by atoms with Gasteiger partial charge in [-0.05, 0) is 45.2 Å². The molecule has 0 unspecified atom stereocenters. The van der Waals surface area contributed by atoms with E-state index < -0.39 is 0 Å². The van der Waals surface area contributed by atoms with Crippen LogP contribution in [0.5, 0.6) is 0 Å². The van der Waals surface area contributed by atoms with Crippen molar-refractivity contribution in [2.24, 2.45) is 0 Å². The number of hydrogen-bond acceptors (Lipinski definition) is 3. The van der Waals surface area contributed by atoms with Gasteiger partial charge in [0.05, 0.1) is 12.7 Å². The molecule has 1 aliphatic heterocycles. The van der Waals surface area contributed by atoms with E-state index in [4.69, 9.17) is 4.74 Å². The monoisotopic (exact) mass is 280 g/mol. The van der Waals surface area contributed by atoms with Gasteiger partial charge in [-0.15, -0.1) is 0 Å². The highest BCUT2D eigenvalue weighted by Crippen LogP contribution is 2.30. The lowest BCUT2D eigenvalue weighted by atomic mass is 9.81. The molecule has 20 heavy (non-hydrogen) atoms. The third-order valence-corrected chi connectivity index (χ3v) is 5.55. The van der Waals surface area contributed by atoms with Crippen molar-refractivity contribution in [3.05, 3.63) is 0 Å². The molecule has 1 N–H and O–H groups in total. The van der Waals surface area contributed by atoms with E-state index >= 15 is 0 Å². The highest BCUT2D eigenvalue weighted by Gasteiger charge is 2.34.